The van der Waals surface area contributed by atoms with Gasteiger partial charge in [-0.05, 0) is 18.9 Å². The van der Waals surface area contributed by atoms with Crippen molar-refractivity contribution in [3.63, 3.8) is 0 Å². The van der Waals surface area contributed by atoms with Crippen molar-refractivity contribution in [1.29, 1.82) is 0 Å². The highest BCUT2D eigenvalue weighted by molar-refractivity contribution is 6.27. The van der Waals surface area contributed by atoms with Crippen LogP contribution in [0.15, 0.2) is 12.3 Å². The second-order valence-electron chi connectivity index (χ2n) is 3.80. The van der Waals surface area contributed by atoms with Crippen LogP contribution in [0.1, 0.15) is 24.5 Å². The number of rotatable bonds is 2. The van der Waals surface area contributed by atoms with Gasteiger partial charge in [0, 0.05) is 30.9 Å². The van der Waals surface area contributed by atoms with E-state index in [0.29, 0.717) is 5.92 Å². The van der Waals surface area contributed by atoms with E-state index in [0.717, 1.165) is 25.9 Å². The van der Waals surface area contributed by atoms with Gasteiger partial charge in [-0.2, -0.15) is 5.10 Å². The minimum Gasteiger partial charge on any atom is -0.342 e. The second-order valence-corrected chi connectivity index (χ2v) is 4.07. The highest BCUT2D eigenvalue weighted by Crippen LogP contribution is 2.26. The van der Waals surface area contributed by atoms with Crippen molar-refractivity contribution < 1.29 is 4.79 Å². The summed E-state index contributed by atoms with van der Waals surface area (Å²) in [6.45, 7) is 1.60. The van der Waals surface area contributed by atoms with Crippen LogP contribution in [-0.2, 0) is 4.79 Å². The zero-order valence-corrected chi connectivity index (χ0v) is 9.20. The zero-order valence-electron chi connectivity index (χ0n) is 8.45. The van der Waals surface area contributed by atoms with E-state index in [1.54, 1.807) is 6.20 Å². The first-order valence-electron chi connectivity index (χ1n) is 5.14. The molecule has 5 heteroatoms. The summed E-state index contributed by atoms with van der Waals surface area (Å²) < 4.78 is 0. The molecule has 1 aromatic rings. The standard InChI is InChI=1S/C10H14ClN3O/c11-7-10(15)14-5-2-8(3-6-14)9-1-4-12-13-9/h1,4,8H,2-3,5-7H2,(H,12,13). The maximum atomic E-state index is 11.3. The molecule has 0 radical (unpaired) electrons. The number of piperidine rings is 1. The molecule has 0 aliphatic carbocycles. The molecule has 1 aliphatic heterocycles. The number of carbonyl (C=O) groups excluding carboxylic acids is 1. The van der Waals surface area contributed by atoms with Crippen molar-refractivity contribution in [2.45, 2.75) is 18.8 Å². The van der Waals surface area contributed by atoms with E-state index >= 15 is 0 Å². The molecule has 1 N–H and O–H groups in total. The lowest BCUT2D eigenvalue weighted by Crippen LogP contribution is -2.38. The molecule has 82 valence electrons. The van der Waals surface area contributed by atoms with E-state index in [1.165, 1.54) is 5.69 Å². The molecular weight excluding hydrogens is 214 g/mol. The summed E-state index contributed by atoms with van der Waals surface area (Å²) >= 11 is 5.51. The molecule has 15 heavy (non-hydrogen) atoms. The number of alkyl halides is 1. The SMILES string of the molecule is O=C(CCl)N1CCC(c2ccn[nH]2)CC1. The summed E-state index contributed by atoms with van der Waals surface area (Å²) in [6.07, 6.45) is 3.75. The number of H-pyrrole nitrogens is 1. The van der Waals surface area contributed by atoms with Crippen LogP contribution in [0.2, 0.25) is 0 Å². The third-order valence-electron chi connectivity index (χ3n) is 2.92. The molecule has 0 saturated carbocycles. The van der Waals surface area contributed by atoms with Crippen LogP contribution in [0.3, 0.4) is 0 Å². The number of nitrogens with one attached hydrogen (secondary N) is 1. The minimum atomic E-state index is 0.0414. The van der Waals surface area contributed by atoms with E-state index < -0.39 is 0 Å². The molecule has 0 aromatic carbocycles. The van der Waals surface area contributed by atoms with Gasteiger partial charge in [-0.1, -0.05) is 0 Å². The predicted molar refractivity (Wildman–Crippen MR) is 57.9 cm³/mol. The Hall–Kier alpha value is -1.03. The summed E-state index contributed by atoms with van der Waals surface area (Å²) in [5, 5.41) is 6.93. The molecule has 2 heterocycles. The second kappa shape index (κ2) is 4.66. The van der Waals surface area contributed by atoms with E-state index in [1.807, 2.05) is 11.0 Å². The Morgan fingerprint density at radius 3 is 2.87 bits per heavy atom. The van der Waals surface area contributed by atoms with Crippen LogP contribution in [0, 0.1) is 0 Å². The Balaban J connectivity index is 1.90. The van der Waals surface area contributed by atoms with Gasteiger partial charge < -0.3 is 4.90 Å². The van der Waals surface area contributed by atoms with Gasteiger partial charge >= 0.3 is 0 Å². The minimum absolute atomic E-state index is 0.0414. The van der Waals surface area contributed by atoms with Gasteiger partial charge in [-0.3, -0.25) is 9.89 Å². The lowest BCUT2D eigenvalue weighted by Gasteiger charge is -2.31. The van der Waals surface area contributed by atoms with E-state index in [9.17, 15) is 4.79 Å². The van der Waals surface area contributed by atoms with E-state index in [4.69, 9.17) is 11.6 Å². The zero-order chi connectivity index (χ0) is 10.7. The molecule has 1 saturated heterocycles. The van der Waals surface area contributed by atoms with Gasteiger partial charge in [-0.15, -0.1) is 11.6 Å². The lowest BCUT2D eigenvalue weighted by molar-refractivity contribution is -0.129. The first-order chi connectivity index (χ1) is 7.31. The van der Waals surface area contributed by atoms with Crippen molar-refractivity contribution in [3.8, 4) is 0 Å². The summed E-state index contributed by atoms with van der Waals surface area (Å²) in [6, 6.07) is 2.00. The molecule has 1 fully saturated rings. The molecule has 0 bridgehead atoms. The first kappa shape index (κ1) is 10.5. The Bertz CT molecular complexity index is 317. The maximum absolute atomic E-state index is 11.3. The van der Waals surface area contributed by atoms with Crippen molar-refractivity contribution in [1.82, 2.24) is 15.1 Å². The molecule has 2 rings (SSSR count). The fraction of sp³-hybridized carbons (Fsp3) is 0.600. The number of aromatic nitrogens is 2. The number of carbonyl (C=O) groups is 1. The van der Waals surface area contributed by atoms with Gasteiger partial charge in [0.25, 0.3) is 0 Å². The predicted octanol–water partition coefficient (Wildman–Crippen LogP) is 1.35. The summed E-state index contributed by atoms with van der Waals surface area (Å²) in [5.74, 6) is 0.640. The van der Waals surface area contributed by atoms with Crippen LogP contribution in [0.4, 0.5) is 0 Å². The summed E-state index contributed by atoms with van der Waals surface area (Å²) in [5.41, 5.74) is 1.17. The quantitative estimate of drug-likeness (QED) is 0.776. The van der Waals surface area contributed by atoms with Crippen LogP contribution >= 0.6 is 11.6 Å². The fourth-order valence-corrected chi connectivity index (χ4v) is 2.19. The largest absolute Gasteiger partial charge is 0.342 e. The van der Waals surface area contributed by atoms with Crippen molar-refractivity contribution in [2.24, 2.45) is 0 Å². The van der Waals surface area contributed by atoms with Crippen LogP contribution in [0.25, 0.3) is 0 Å². The number of amides is 1. The molecule has 0 spiro atoms. The highest BCUT2D eigenvalue weighted by Gasteiger charge is 2.23. The molecule has 1 amide bonds. The maximum Gasteiger partial charge on any atom is 0.237 e. The number of halogens is 1. The van der Waals surface area contributed by atoms with Crippen molar-refractivity contribution >= 4 is 17.5 Å². The van der Waals surface area contributed by atoms with Crippen molar-refractivity contribution in [3.05, 3.63) is 18.0 Å². The van der Waals surface area contributed by atoms with Crippen LogP contribution in [-0.4, -0.2) is 40.0 Å². The van der Waals surface area contributed by atoms with Gasteiger partial charge in [0.05, 0.1) is 0 Å². The van der Waals surface area contributed by atoms with Crippen LogP contribution in [0.5, 0.6) is 0 Å². The van der Waals surface area contributed by atoms with Gasteiger partial charge in [0.15, 0.2) is 0 Å². The number of hydrogen-bond acceptors (Lipinski definition) is 2. The number of nitrogens with zero attached hydrogens (tertiary/aromatic N) is 2. The Kier molecular flexibility index (Phi) is 3.26. The average Bonchev–Trinajstić information content (AvgIpc) is 2.82. The van der Waals surface area contributed by atoms with Crippen LogP contribution < -0.4 is 0 Å². The third-order valence-corrected chi connectivity index (χ3v) is 3.15. The van der Waals surface area contributed by atoms with E-state index in [-0.39, 0.29) is 11.8 Å². The van der Waals surface area contributed by atoms with Gasteiger partial charge in [-0.25, -0.2) is 0 Å². The topological polar surface area (TPSA) is 49.0 Å². The molecule has 1 aromatic heterocycles. The number of aromatic amines is 1. The molecular formula is C10H14ClN3O. The fourth-order valence-electron chi connectivity index (χ4n) is 2.02. The smallest absolute Gasteiger partial charge is 0.237 e. The summed E-state index contributed by atoms with van der Waals surface area (Å²) in [4.78, 5) is 13.2. The Morgan fingerprint density at radius 1 is 1.60 bits per heavy atom. The monoisotopic (exact) mass is 227 g/mol. The van der Waals surface area contributed by atoms with Gasteiger partial charge in [0.1, 0.15) is 5.88 Å². The molecule has 4 nitrogen and oxygen atoms in total. The number of hydrogen-bond donors (Lipinski definition) is 1. The average molecular weight is 228 g/mol. The Morgan fingerprint density at radius 2 is 2.33 bits per heavy atom. The number of likely N-dealkylation sites (tertiary alicyclic amines) is 1. The normalized spacial score (nSPS) is 18.1. The molecule has 1 aliphatic rings. The Labute approximate surface area is 93.6 Å². The molecule has 0 atom stereocenters. The molecule has 0 unspecified atom stereocenters. The first-order valence-corrected chi connectivity index (χ1v) is 5.67. The lowest BCUT2D eigenvalue weighted by atomic mass is 9.94. The van der Waals surface area contributed by atoms with E-state index in [2.05, 4.69) is 10.2 Å². The summed E-state index contributed by atoms with van der Waals surface area (Å²) in [7, 11) is 0. The third kappa shape index (κ3) is 2.31. The van der Waals surface area contributed by atoms with Crippen molar-refractivity contribution in [2.75, 3.05) is 19.0 Å². The van der Waals surface area contributed by atoms with Gasteiger partial charge in [0.2, 0.25) is 5.91 Å². The highest BCUT2D eigenvalue weighted by atomic mass is 35.5.